The van der Waals surface area contributed by atoms with Crippen LogP contribution in [0, 0.1) is 11.3 Å². The van der Waals surface area contributed by atoms with Gasteiger partial charge in [-0.05, 0) is 59.0 Å². The third kappa shape index (κ3) is 2.76. The van der Waals surface area contributed by atoms with E-state index in [-0.39, 0.29) is 16.9 Å². The van der Waals surface area contributed by atoms with E-state index in [1.54, 1.807) is 0 Å². The molecule has 0 aromatic carbocycles. The van der Waals surface area contributed by atoms with Gasteiger partial charge in [0.15, 0.2) is 0 Å². The van der Waals surface area contributed by atoms with E-state index in [0.29, 0.717) is 15.2 Å². The van der Waals surface area contributed by atoms with E-state index < -0.39 is 10.0 Å². The van der Waals surface area contributed by atoms with Gasteiger partial charge in [-0.25, -0.2) is 13.1 Å². The fourth-order valence-corrected chi connectivity index (χ4v) is 6.24. The second kappa shape index (κ2) is 4.80. The zero-order valence-electron chi connectivity index (χ0n) is 10.4. The van der Waals surface area contributed by atoms with Crippen LogP contribution in [0.15, 0.2) is 14.7 Å². The fourth-order valence-electron chi connectivity index (χ4n) is 2.56. The predicted octanol–water partition coefficient (Wildman–Crippen LogP) is 2.47. The van der Waals surface area contributed by atoms with E-state index in [9.17, 15) is 8.42 Å². The Hall–Kier alpha value is 0.0500. The van der Waals surface area contributed by atoms with Crippen LogP contribution in [0.3, 0.4) is 0 Å². The first-order valence-electron chi connectivity index (χ1n) is 6.36. The van der Waals surface area contributed by atoms with Crippen LogP contribution in [0.5, 0.6) is 0 Å². The maximum absolute atomic E-state index is 12.3. The molecule has 2 saturated carbocycles. The van der Waals surface area contributed by atoms with Crippen molar-refractivity contribution in [1.29, 1.82) is 0 Å². The summed E-state index contributed by atoms with van der Waals surface area (Å²) in [5.74, 6) is 0.731. The molecule has 0 spiro atoms. The predicted molar refractivity (Wildman–Crippen MR) is 77.5 cm³/mol. The lowest BCUT2D eigenvalue weighted by Gasteiger charge is -2.14. The van der Waals surface area contributed by atoms with Crippen molar-refractivity contribution in [2.24, 2.45) is 11.3 Å². The van der Waals surface area contributed by atoms with Crippen LogP contribution >= 0.6 is 27.3 Å². The minimum Gasteiger partial charge on any atom is -0.391 e. The van der Waals surface area contributed by atoms with Crippen molar-refractivity contribution >= 4 is 37.3 Å². The summed E-state index contributed by atoms with van der Waals surface area (Å²) < 4.78 is 27.9. The first-order chi connectivity index (χ1) is 8.97. The number of halogens is 1. The van der Waals surface area contributed by atoms with Crippen molar-refractivity contribution in [2.45, 2.75) is 37.2 Å². The summed E-state index contributed by atoms with van der Waals surface area (Å²) in [5, 5.41) is 9.07. The highest BCUT2D eigenvalue weighted by atomic mass is 79.9. The molecule has 0 saturated heterocycles. The minimum absolute atomic E-state index is 0.134. The molecule has 0 unspecified atom stereocenters. The number of rotatable bonds is 6. The smallest absolute Gasteiger partial charge is 0.242 e. The van der Waals surface area contributed by atoms with Crippen LogP contribution in [0.2, 0.25) is 0 Å². The van der Waals surface area contributed by atoms with E-state index in [1.165, 1.54) is 30.2 Å². The molecule has 1 aromatic rings. The van der Waals surface area contributed by atoms with Crippen molar-refractivity contribution in [2.75, 3.05) is 6.54 Å². The molecule has 2 N–H and O–H groups in total. The molecular formula is C12H16BrNO3S2. The van der Waals surface area contributed by atoms with Crippen molar-refractivity contribution in [3.05, 3.63) is 14.7 Å². The lowest BCUT2D eigenvalue weighted by molar-refractivity contribution is 0.285. The maximum Gasteiger partial charge on any atom is 0.242 e. The third-order valence-electron chi connectivity index (χ3n) is 4.10. The summed E-state index contributed by atoms with van der Waals surface area (Å²) in [6.45, 7) is 0.418. The molecule has 0 atom stereocenters. The molecule has 0 aliphatic heterocycles. The van der Waals surface area contributed by atoms with Gasteiger partial charge in [-0.3, -0.25) is 0 Å². The number of nitrogens with one attached hydrogen (secondary N) is 1. The SMILES string of the molecule is O=S(=O)(NCC1(C2CC2)CC1)c1cc(CO)sc1Br. The summed E-state index contributed by atoms with van der Waals surface area (Å²) in [4.78, 5) is 0.892. The Morgan fingerprint density at radius 3 is 2.63 bits per heavy atom. The van der Waals surface area contributed by atoms with Crippen LogP contribution < -0.4 is 4.72 Å². The quantitative estimate of drug-likeness (QED) is 0.813. The minimum atomic E-state index is -3.48. The first kappa shape index (κ1) is 14.0. The van der Waals surface area contributed by atoms with Gasteiger partial charge in [0.2, 0.25) is 10.0 Å². The van der Waals surface area contributed by atoms with Crippen LogP contribution in [0.1, 0.15) is 30.6 Å². The molecule has 0 amide bonds. The Balaban J connectivity index is 1.73. The Morgan fingerprint density at radius 2 is 2.16 bits per heavy atom. The van der Waals surface area contributed by atoms with Gasteiger partial charge in [0.25, 0.3) is 0 Å². The van der Waals surface area contributed by atoms with Crippen LogP contribution in [-0.2, 0) is 16.6 Å². The van der Waals surface area contributed by atoms with Crippen LogP contribution in [0.25, 0.3) is 0 Å². The van der Waals surface area contributed by atoms with Crippen molar-refractivity contribution in [3.63, 3.8) is 0 Å². The van der Waals surface area contributed by atoms with E-state index in [0.717, 1.165) is 18.8 Å². The number of hydrogen-bond acceptors (Lipinski definition) is 4. The van der Waals surface area contributed by atoms with Crippen molar-refractivity contribution < 1.29 is 13.5 Å². The molecular weight excluding hydrogens is 350 g/mol. The molecule has 2 fully saturated rings. The van der Waals surface area contributed by atoms with Gasteiger partial charge in [0.05, 0.1) is 10.4 Å². The first-order valence-corrected chi connectivity index (χ1v) is 9.45. The number of aliphatic hydroxyl groups excluding tert-OH is 1. The van der Waals surface area contributed by atoms with Gasteiger partial charge in [-0.2, -0.15) is 0 Å². The molecule has 106 valence electrons. The number of hydrogen-bond donors (Lipinski definition) is 2. The molecule has 19 heavy (non-hydrogen) atoms. The average molecular weight is 366 g/mol. The average Bonchev–Trinajstić information content (AvgIpc) is 3.24. The molecule has 0 bridgehead atoms. The Morgan fingerprint density at radius 1 is 1.47 bits per heavy atom. The van der Waals surface area contributed by atoms with Crippen molar-refractivity contribution in [1.82, 2.24) is 4.72 Å². The molecule has 4 nitrogen and oxygen atoms in total. The largest absolute Gasteiger partial charge is 0.391 e. The number of aliphatic hydroxyl groups is 1. The molecule has 1 heterocycles. The second-order valence-electron chi connectivity index (χ2n) is 5.47. The van der Waals surface area contributed by atoms with Gasteiger partial charge in [-0.1, -0.05) is 0 Å². The van der Waals surface area contributed by atoms with E-state index >= 15 is 0 Å². The van der Waals surface area contributed by atoms with E-state index in [4.69, 9.17) is 5.11 Å². The van der Waals surface area contributed by atoms with Crippen LogP contribution in [0.4, 0.5) is 0 Å². The summed E-state index contributed by atoms with van der Waals surface area (Å²) in [7, 11) is -3.48. The van der Waals surface area contributed by atoms with Crippen LogP contribution in [-0.4, -0.2) is 20.1 Å². The topological polar surface area (TPSA) is 66.4 Å². The monoisotopic (exact) mass is 365 g/mol. The molecule has 2 aliphatic carbocycles. The van der Waals surface area contributed by atoms with Crippen molar-refractivity contribution in [3.8, 4) is 0 Å². The van der Waals surface area contributed by atoms with Gasteiger partial charge in [-0.15, -0.1) is 11.3 Å². The van der Waals surface area contributed by atoms with Gasteiger partial charge in [0, 0.05) is 11.4 Å². The number of sulfonamides is 1. The Bertz CT molecular complexity index is 588. The highest BCUT2D eigenvalue weighted by Crippen LogP contribution is 2.60. The van der Waals surface area contributed by atoms with Gasteiger partial charge < -0.3 is 5.11 Å². The lowest BCUT2D eigenvalue weighted by Crippen LogP contribution is -2.31. The van der Waals surface area contributed by atoms with E-state index in [1.807, 2.05) is 0 Å². The maximum atomic E-state index is 12.3. The molecule has 0 radical (unpaired) electrons. The summed E-state index contributed by atoms with van der Waals surface area (Å²) >= 11 is 4.52. The second-order valence-corrected chi connectivity index (χ2v) is 9.66. The standard InChI is InChI=1S/C12H16BrNO3S2/c13-11-10(5-9(6-15)18-11)19(16,17)14-7-12(3-4-12)8-1-2-8/h5,8,14-15H,1-4,6-7H2. The molecule has 1 aromatic heterocycles. The van der Waals surface area contributed by atoms with Gasteiger partial charge in [0.1, 0.15) is 4.90 Å². The third-order valence-corrected chi connectivity index (χ3v) is 7.74. The molecule has 3 rings (SSSR count). The summed E-state index contributed by atoms with van der Waals surface area (Å²) in [6.07, 6.45) is 4.79. The van der Waals surface area contributed by atoms with Gasteiger partial charge >= 0.3 is 0 Å². The molecule has 7 heteroatoms. The van der Waals surface area contributed by atoms with E-state index in [2.05, 4.69) is 20.7 Å². The fraction of sp³-hybridized carbons (Fsp3) is 0.667. The lowest BCUT2D eigenvalue weighted by atomic mass is 10.0. The number of thiophene rings is 1. The summed E-state index contributed by atoms with van der Waals surface area (Å²) in [5.41, 5.74) is 0.245. The zero-order valence-corrected chi connectivity index (χ0v) is 13.6. The normalized spacial score (nSPS) is 21.6. The Kier molecular flexibility index (Phi) is 3.54. The zero-order chi connectivity index (χ0) is 13.7. The molecule has 2 aliphatic rings. The highest BCUT2D eigenvalue weighted by molar-refractivity contribution is 9.11. The highest BCUT2D eigenvalue weighted by Gasteiger charge is 2.53. The summed E-state index contributed by atoms with van der Waals surface area (Å²) in [6, 6.07) is 1.54. The Labute approximate surface area is 125 Å².